The Morgan fingerprint density at radius 3 is 2.58 bits per heavy atom. The maximum Gasteiger partial charge on any atom is 0.254 e. The van der Waals surface area contributed by atoms with E-state index in [1.54, 1.807) is 30.9 Å². The van der Waals surface area contributed by atoms with Gasteiger partial charge in [-0.15, -0.1) is 0 Å². The Labute approximate surface area is 141 Å². The molecule has 1 amide bonds. The van der Waals surface area contributed by atoms with E-state index in [9.17, 15) is 20.1 Å². The van der Waals surface area contributed by atoms with Crippen molar-refractivity contribution in [2.24, 2.45) is 0 Å². The molecule has 2 fully saturated rings. The average molecular weight is 335 g/mol. The lowest BCUT2D eigenvalue weighted by atomic mass is 9.76. The van der Waals surface area contributed by atoms with Crippen LogP contribution in [-0.4, -0.2) is 63.1 Å². The zero-order valence-corrected chi connectivity index (χ0v) is 14.2. The molecule has 3 rings (SSSR count). The predicted molar refractivity (Wildman–Crippen MR) is 87.9 cm³/mol. The number of hydrogen-bond donors (Lipinski definition) is 3. The van der Waals surface area contributed by atoms with Crippen molar-refractivity contribution in [1.29, 1.82) is 0 Å². The van der Waals surface area contributed by atoms with Crippen molar-refractivity contribution < 1.29 is 24.9 Å². The molecule has 0 bridgehead atoms. The van der Waals surface area contributed by atoms with Gasteiger partial charge in [0.25, 0.3) is 5.91 Å². The summed E-state index contributed by atoms with van der Waals surface area (Å²) in [6.07, 6.45) is 0.779. The second-order valence-corrected chi connectivity index (χ2v) is 7.34. The van der Waals surface area contributed by atoms with E-state index in [2.05, 4.69) is 0 Å². The van der Waals surface area contributed by atoms with Gasteiger partial charge in [-0.25, -0.2) is 0 Å². The van der Waals surface area contributed by atoms with Crippen LogP contribution in [0.3, 0.4) is 0 Å². The zero-order chi connectivity index (χ0) is 17.5. The molecule has 2 atom stereocenters. The van der Waals surface area contributed by atoms with Crippen LogP contribution in [0.15, 0.2) is 18.2 Å². The van der Waals surface area contributed by atoms with Crippen LogP contribution in [-0.2, 0) is 4.74 Å². The molecule has 0 unspecified atom stereocenters. The fourth-order valence-corrected chi connectivity index (χ4v) is 3.75. The SMILES string of the molecule is Cc1cc(O)ccc1C(=O)N1CCC2(CC1)C[C@](C)(O)[C@@H](O)CO2. The van der Waals surface area contributed by atoms with Crippen molar-refractivity contribution >= 4 is 5.91 Å². The number of nitrogens with zero attached hydrogens (tertiary/aromatic N) is 1. The van der Waals surface area contributed by atoms with Crippen LogP contribution in [0.4, 0.5) is 0 Å². The second-order valence-electron chi connectivity index (χ2n) is 7.34. The molecule has 0 aliphatic carbocycles. The van der Waals surface area contributed by atoms with Gasteiger partial charge in [0.1, 0.15) is 11.9 Å². The quantitative estimate of drug-likeness (QED) is 0.718. The Kier molecular flexibility index (Phi) is 4.32. The van der Waals surface area contributed by atoms with Crippen molar-refractivity contribution in [3.63, 3.8) is 0 Å². The highest BCUT2D eigenvalue weighted by Crippen LogP contribution is 2.39. The minimum atomic E-state index is -1.15. The number of rotatable bonds is 1. The molecule has 6 heteroatoms. The highest BCUT2D eigenvalue weighted by atomic mass is 16.5. The van der Waals surface area contributed by atoms with Crippen LogP contribution in [0.5, 0.6) is 5.75 Å². The number of piperidine rings is 1. The Morgan fingerprint density at radius 2 is 2.00 bits per heavy atom. The Bertz CT molecular complexity index is 634. The van der Waals surface area contributed by atoms with Crippen molar-refractivity contribution in [2.75, 3.05) is 19.7 Å². The molecule has 6 nitrogen and oxygen atoms in total. The third kappa shape index (κ3) is 3.14. The van der Waals surface area contributed by atoms with Crippen LogP contribution in [0.1, 0.15) is 42.1 Å². The van der Waals surface area contributed by atoms with E-state index in [4.69, 9.17) is 4.74 Å². The summed E-state index contributed by atoms with van der Waals surface area (Å²) in [6.45, 7) is 4.66. The zero-order valence-electron chi connectivity index (χ0n) is 14.2. The van der Waals surface area contributed by atoms with E-state index in [0.717, 1.165) is 5.56 Å². The monoisotopic (exact) mass is 335 g/mol. The van der Waals surface area contributed by atoms with Crippen molar-refractivity contribution in [3.05, 3.63) is 29.3 Å². The van der Waals surface area contributed by atoms with Crippen molar-refractivity contribution in [1.82, 2.24) is 4.90 Å². The molecule has 3 N–H and O–H groups in total. The van der Waals surface area contributed by atoms with Gasteiger partial charge in [-0.3, -0.25) is 4.79 Å². The summed E-state index contributed by atoms with van der Waals surface area (Å²) in [4.78, 5) is 14.5. The summed E-state index contributed by atoms with van der Waals surface area (Å²) in [5.74, 6) is 0.1000. The number of aryl methyl sites for hydroxylation is 1. The first-order chi connectivity index (χ1) is 11.2. The van der Waals surface area contributed by atoms with Gasteiger partial charge in [-0.1, -0.05) is 0 Å². The average Bonchev–Trinajstić information content (AvgIpc) is 2.51. The molecule has 2 saturated heterocycles. The molecule has 0 radical (unpaired) electrons. The lowest BCUT2D eigenvalue weighted by Gasteiger charge is -2.49. The van der Waals surface area contributed by atoms with E-state index < -0.39 is 17.3 Å². The largest absolute Gasteiger partial charge is 0.508 e. The highest BCUT2D eigenvalue weighted by molar-refractivity contribution is 5.95. The molecule has 132 valence electrons. The molecule has 2 aliphatic heterocycles. The fourth-order valence-electron chi connectivity index (χ4n) is 3.75. The molecule has 1 aromatic carbocycles. The van der Waals surface area contributed by atoms with Gasteiger partial charge < -0.3 is 25.0 Å². The number of amides is 1. The summed E-state index contributed by atoms with van der Waals surface area (Å²) < 4.78 is 5.85. The van der Waals surface area contributed by atoms with Gasteiger partial charge in [-0.2, -0.15) is 0 Å². The lowest BCUT2D eigenvalue weighted by Crippen LogP contribution is -2.59. The van der Waals surface area contributed by atoms with Crippen molar-refractivity contribution in [3.8, 4) is 5.75 Å². The van der Waals surface area contributed by atoms with Gasteiger partial charge in [0.15, 0.2) is 0 Å². The third-order valence-corrected chi connectivity index (χ3v) is 5.35. The summed E-state index contributed by atoms with van der Waals surface area (Å²) in [5.41, 5.74) is -0.280. The minimum absolute atomic E-state index is 0.0510. The number of carbonyl (C=O) groups excluding carboxylic acids is 1. The van der Waals surface area contributed by atoms with Gasteiger partial charge in [-0.05, 0) is 50.5 Å². The number of aliphatic hydroxyl groups is 2. The maximum atomic E-state index is 12.7. The third-order valence-electron chi connectivity index (χ3n) is 5.35. The Balaban J connectivity index is 1.68. The molecular formula is C18H25NO5. The number of phenolic OH excluding ortho intramolecular Hbond substituents is 1. The first-order valence-electron chi connectivity index (χ1n) is 8.36. The Morgan fingerprint density at radius 1 is 1.33 bits per heavy atom. The smallest absolute Gasteiger partial charge is 0.254 e. The topological polar surface area (TPSA) is 90.2 Å². The van der Waals surface area contributed by atoms with Gasteiger partial charge >= 0.3 is 0 Å². The number of phenols is 1. The first kappa shape index (κ1) is 17.2. The number of ether oxygens (including phenoxy) is 1. The molecular weight excluding hydrogens is 310 g/mol. The van der Waals surface area contributed by atoms with E-state index in [-0.39, 0.29) is 18.3 Å². The molecule has 0 aromatic heterocycles. The molecule has 2 heterocycles. The predicted octanol–water partition coefficient (Wildman–Crippen LogP) is 1.21. The van der Waals surface area contributed by atoms with Crippen LogP contribution < -0.4 is 0 Å². The summed E-state index contributed by atoms with van der Waals surface area (Å²) >= 11 is 0. The van der Waals surface area contributed by atoms with E-state index in [0.29, 0.717) is 37.9 Å². The maximum absolute atomic E-state index is 12.7. The summed E-state index contributed by atoms with van der Waals surface area (Å²) in [7, 11) is 0. The van der Waals surface area contributed by atoms with Crippen LogP contribution in [0, 0.1) is 6.92 Å². The minimum Gasteiger partial charge on any atom is -0.508 e. The number of benzene rings is 1. The number of likely N-dealkylation sites (tertiary alicyclic amines) is 1. The molecule has 0 saturated carbocycles. The van der Waals surface area contributed by atoms with Gasteiger partial charge in [0.2, 0.25) is 0 Å². The highest BCUT2D eigenvalue weighted by Gasteiger charge is 2.49. The number of aliphatic hydroxyl groups excluding tert-OH is 1. The number of carbonyl (C=O) groups is 1. The normalized spacial score (nSPS) is 29.7. The lowest BCUT2D eigenvalue weighted by molar-refractivity contribution is -0.221. The summed E-state index contributed by atoms with van der Waals surface area (Å²) in [6, 6.07) is 4.76. The van der Waals surface area contributed by atoms with E-state index in [1.807, 2.05) is 0 Å². The van der Waals surface area contributed by atoms with E-state index in [1.165, 1.54) is 6.07 Å². The summed E-state index contributed by atoms with van der Waals surface area (Å²) in [5, 5.41) is 29.7. The van der Waals surface area contributed by atoms with Crippen LogP contribution >= 0.6 is 0 Å². The molecule has 24 heavy (non-hydrogen) atoms. The Hall–Kier alpha value is -1.63. The van der Waals surface area contributed by atoms with Gasteiger partial charge in [0, 0.05) is 25.1 Å². The second kappa shape index (κ2) is 6.02. The van der Waals surface area contributed by atoms with Gasteiger partial charge in [0.05, 0.1) is 17.8 Å². The van der Waals surface area contributed by atoms with Crippen LogP contribution in [0.25, 0.3) is 0 Å². The molecule has 1 aromatic rings. The van der Waals surface area contributed by atoms with Crippen molar-refractivity contribution in [2.45, 2.75) is 50.4 Å². The molecule has 1 spiro atoms. The van der Waals surface area contributed by atoms with Crippen LogP contribution in [0.2, 0.25) is 0 Å². The number of aromatic hydroxyl groups is 1. The standard InChI is InChI=1S/C18H25NO5/c1-12-9-13(20)3-4-14(12)16(22)19-7-5-18(6-8-19)11-17(2,23)15(21)10-24-18/h3-4,9,15,20-21,23H,5-8,10-11H2,1-2H3/t15-,17-/m0/s1. The van der Waals surface area contributed by atoms with E-state index >= 15 is 0 Å². The molecule has 2 aliphatic rings. The number of hydrogen-bond acceptors (Lipinski definition) is 5. The fraction of sp³-hybridized carbons (Fsp3) is 0.611. The first-order valence-corrected chi connectivity index (χ1v) is 8.36.